The van der Waals surface area contributed by atoms with Crippen molar-refractivity contribution in [3.05, 3.63) is 24.5 Å². The highest BCUT2D eigenvalue weighted by atomic mass is 79.9. The van der Waals surface area contributed by atoms with E-state index in [-0.39, 0.29) is 5.60 Å². The molecule has 1 aromatic heterocycles. The summed E-state index contributed by atoms with van der Waals surface area (Å²) in [6.07, 6.45) is 4.45. The lowest BCUT2D eigenvalue weighted by Gasteiger charge is -2.25. The van der Waals surface area contributed by atoms with Crippen LogP contribution in [0.4, 0.5) is 0 Å². The first kappa shape index (κ1) is 10.5. The summed E-state index contributed by atoms with van der Waals surface area (Å²) in [5.41, 5.74) is -0.132. The first-order chi connectivity index (χ1) is 6.14. The molecule has 1 heterocycles. The Morgan fingerprint density at radius 3 is 2.85 bits per heavy atom. The van der Waals surface area contributed by atoms with Gasteiger partial charge >= 0.3 is 0 Å². The zero-order valence-corrected chi connectivity index (χ0v) is 9.54. The Morgan fingerprint density at radius 2 is 2.31 bits per heavy atom. The smallest absolute Gasteiger partial charge is 0.138 e. The molecule has 0 spiro atoms. The van der Waals surface area contributed by atoms with E-state index in [4.69, 9.17) is 4.74 Å². The first-order valence-corrected chi connectivity index (χ1v) is 5.41. The average molecular weight is 244 g/mol. The van der Waals surface area contributed by atoms with Gasteiger partial charge in [0.05, 0.1) is 6.20 Å². The minimum Gasteiger partial charge on any atom is -0.486 e. The van der Waals surface area contributed by atoms with Crippen LogP contribution in [0.5, 0.6) is 5.75 Å². The van der Waals surface area contributed by atoms with Crippen molar-refractivity contribution in [2.75, 3.05) is 5.33 Å². The van der Waals surface area contributed by atoms with Crippen LogP contribution in [-0.2, 0) is 0 Å². The predicted octanol–water partition coefficient (Wildman–Crippen LogP) is 3.02. The van der Waals surface area contributed by atoms with Crippen LogP contribution in [0, 0.1) is 0 Å². The molecule has 0 amide bonds. The van der Waals surface area contributed by atoms with Crippen LogP contribution in [0.2, 0.25) is 0 Å². The molecule has 0 aliphatic heterocycles. The van der Waals surface area contributed by atoms with Gasteiger partial charge in [0.25, 0.3) is 0 Å². The summed E-state index contributed by atoms with van der Waals surface area (Å²) in [6, 6.07) is 3.79. The molecule has 1 rings (SSSR count). The Balaban J connectivity index is 2.58. The maximum absolute atomic E-state index is 5.75. The minimum absolute atomic E-state index is 0.132. The number of halogens is 1. The van der Waals surface area contributed by atoms with Gasteiger partial charge < -0.3 is 4.74 Å². The third-order valence-electron chi connectivity index (χ3n) is 1.73. The largest absolute Gasteiger partial charge is 0.486 e. The topological polar surface area (TPSA) is 22.1 Å². The number of hydrogen-bond donors (Lipinski definition) is 0. The Labute approximate surface area is 87.5 Å². The lowest BCUT2D eigenvalue weighted by Crippen LogP contribution is -2.28. The van der Waals surface area contributed by atoms with E-state index in [1.54, 1.807) is 12.4 Å². The third kappa shape index (κ3) is 3.77. The monoisotopic (exact) mass is 243 g/mol. The molecular weight excluding hydrogens is 230 g/mol. The molecule has 0 aromatic carbocycles. The molecule has 0 atom stereocenters. The van der Waals surface area contributed by atoms with Crippen LogP contribution in [0.25, 0.3) is 0 Å². The van der Waals surface area contributed by atoms with Crippen molar-refractivity contribution in [3.8, 4) is 5.75 Å². The van der Waals surface area contributed by atoms with E-state index >= 15 is 0 Å². The van der Waals surface area contributed by atoms with Gasteiger partial charge in [-0.15, -0.1) is 0 Å². The Morgan fingerprint density at radius 1 is 1.54 bits per heavy atom. The lowest BCUT2D eigenvalue weighted by molar-refractivity contribution is 0.106. The molecule has 0 saturated carbocycles. The van der Waals surface area contributed by atoms with Gasteiger partial charge in [-0.2, -0.15) is 0 Å². The number of hydrogen-bond acceptors (Lipinski definition) is 2. The maximum Gasteiger partial charge on any atom is 0.138 e. The number of pyridine rings is 1. The summed E-state index contributed by atoms with van der Waals surface area (Å²) < 4.78 is 5.75. The SMILES string of the molecule is CC(C)(CCBr)Oc1cccnc1. The van der Waals surface area contributed by atoms with E-state index in [9.17, 15) is 0 Å². The minimum atomic E-state index is -0.132. The van der Waals surface area contributed by atoms with Crippen LogP contribution in [0.3, 0.4) is 0 Å². The van der Waals surface area contributed by atoms with Gasteiger partial charge in [0.1, 0.15) is 11.4 Å². The Hall–Kier alpha value is -0.570. The fourth-order valence-corrected chi connectivity index (χ4v) is 1.96. The molecule has 13 heavy (non-hydrogen) atoms. The van der Waals surface area contributed by atoms with E-state index < -0.39 is 0 Å². The summed E-state index contributed by atoms with van der Waals surface area (Å²) in [4.78, 5) is 3.99. The quantitative estimate of drug-likeness (QED) is 0.759. The molecule has 2 nitrogen and oxygen atoms in total. The van der Waals surface area contributed by atoms with Gasteiger partial charge in [-0.3, -0.25) is 4.98 Å². The van der Waals surface area contributed by atoms with Gasteiger partial charge in [-0.25, -0.2) is 0 Å². The summed E-state index contributed by atoms with van der Waals surface area (Å²) >= 11 is 3.40. The predicted molar refractivity (Wildman–Crippen MR) is 57.4 cm³/mol. The van der Waals surface area contributed by atoms with Crippen molar-refractivity contribution in [1.29, 1.82) is 0 Å². The lowest BCUT2D eigenvalue weighted by atomic mass is 10.1. The number of rotatable bonds is 4. The summed E-state index contributed by atoms with van der Waals surface area (Å²) in [5.74, 6) is 0.827. The van der Waals surface area contributed by atoms with E-state index in [0.29, 0.717) is 0 Å². The van der Waals surface area contributed by atoms with Gasteiger partial charge in [-0.1, -0.05) is 15.9 Å². The fourth-order valence-electron chi connectivity index (χ4n) is 1.01. The van der Waals surface area contributed by atoms with E-state index in [1.165, 1.54) is 0 Å². The van der Waals surface area contributed by atoms with Crippen LogP contribution < -0.4 is 4.74 Å². The van der Waals surface area contributed by atoms with Gasteiger partial charge in [0.15, 0.2) is 0 Å². The fraction of sp³-hybridized carbons (Fsp3) is 0.500. The molecule has 72 valence electrons. The molecule has 0 unspecified atom stereocenters. The second-order valence-electron chi connectivity index (χ2n) is 3.49. The molecule has 0 N–H and O–H groups in total. The summed E-state index contributed by atoms with van der Waals surface area (Å²) in [6.45, 7) is 4.14. The molecule has 0 saturated heterocycles. The standard InChI is InChI=1S/C10H14BrNO/c1-10(2,5-6-11)13-9-4-3-7-12-8-9/h3-4,7-8H,5-6H2,1-2H3. The van der Waals surface area contributed by atoms with Crippen LogP contribution in [-0.4, -0.2) is 15.9 Å². The normalized spacial score (nSPS) is 11.3. The molecule has 1 aromatic rings. The zero-order valence-electron chi connectivity index (χ0n) is 7.96. The number of alkyl halides is 1. The first-order valence-electron chi connectivity index (χ1n) is 4.29. The number of nitrogens with zero attached hydrogens (tertiary/aromatic N) is 1. The molecule has 0 fully saturated rings. The highest BCUT2D eigenvalue weighted by Crippen LogP contribution is 2.20. The molecule has 3 heteroatoms. The average Bonchev–Trinajstić information content (AvgIpc) is 2.04. The molecule has 0 aliphatic carbocycles. The van der Waals surface area contributed by atoms with E-state index in [0.717, 1.165) is 17.5 Å². The van der Waals surface area contributed by atoms with Crippen molar-refractivity contribution in [1.82, 2.24) is 4.98 Å². The van der Waals surface area contributed by atoms with Crippen molar-refractivity contribution in [3.63, 3.8) is 0 Å². The van der Waals surface area contributed by atoms with Crippen molar-refractivity contribution >= 4 is 15.9 Å². The second-order valence-corrected chi connectivity index (χ2v) is 4.28. The van der Waals surface area contributed by atoms with Crippen molar-refractivity contribution < 1.29 is 4.74 Å². The van der Waals surface area contributed by atoms with Crippen LogP contribution >= 0.6 is 15.9 Å². The molecule has 0 bridgehead atoms. The molecular formula is C10H14BrNO. The summed E-state index contributed by atoms with van der Waals surface area (Å²) in [7, 11) is 0. The highest BCUT2D eigenvalue weighted by Gasteiger charge is 2.18. The summed E-state index contributed by atoms with van der Waals surface area (Å²) in [5, 5.41) is 0.945. The number of aromatic nitrogens is 1. The van der Waals surface area contributed by atoms with Crippen molar-refractivity contribution in [2.45, 2.75) is 25.9 Å². The van der Waals surface area contributed by atoms with Crippen LogP contribution in [0.15, 0.2) is 24.5 Å². The van der Waals surface area contributed by atoms with E-state index in [2.05, 4.69) is 34.8 Å². The maximum atomic E-state index is 5.75. The van der Waals surface area contributed by atoms with Gasteiger partial charge in [0.2, 0.25) is 0 Å². The van der Waals surface area contributed by atoms with Crippen LogP contribution in [0.1, 0.15) is 20.3 Å². The zero-order chi connectivity index (χ0) is 9.73. The van der Waals surface area contributed by atoms with E-state index in [1.807, 2.05) is 12.1 Å². The van der Waals surface area contributed by atoms with Crippen molar-refractivity contribution in [2.24, 2.45) is 0 Å². The Bertz CT molecular complexity index is 248. The molecule has 0 radical (unpaired) electrons. The van der Waals surface area contributed by atoms with Gasteiger partial charge in [-0.05, 0) is 32.4 Å². The number of ether oxygens (including phenoxy) is 1. The van der Waals surface area contributed by atoms with Gasteiger partial charge in [0, 0.05) is 11.5 Å². The third-order valence-corrected chi connectivity index (χ3v) is 2.12. The Kier molecular flexibility index (Phi) is 3.72. The highest BCUT2D eigenvalue weighted by molar-refractivity contribution is 9.09. The molecule has 0 aliphatic rings. The second kappa shape index (κ2) is 4.61.